The molecule has 0 saturated carbocycles. The van der Waals surface area contributed by atoms with E-state index in [1.807, 2.05) is 25.2 Å². The standard InChI is InChI=1S/C11H11N5O/c1-12-5-9-15-11(16-17-9)7-3-2-4-8-10(7)14-6-13-8/h2-4,6,12H,5H2,1H3,(H,13,14). The summed E-state index contributed by atoms with van der Waals surface area (Å²) in [6.45, 7) is 0.559. The molecule has 0 fully saturated rings. The molecule has 0 aliphatic carbocycles. The lowest BCUT2D eigenvalue weighted by atomic mass is 10.2. The maximum Gasteiger partial charge on any atom is 0.240 e. The molecule has 86 valence electrons. The number of hydrogen-bond acceptors (Lipinski definition) is 5. The molecule has 0 saturated heterocycles. The summed E-state index contributed by atoms with van der Waals surface area (Å²) < 4.78 is 5.12. The fourth-order valence-corrected chi connectivity index (χ4v) is 1.73. The Kier molecular flexibility index (Phi) is 2.34. The van der Waals surface area contributed by atoms with Crippen molar-refractivity contribution in [1.82, 2.24) is 25.4 Å². The normalized spacial score (nSPS) is 11.1. The summed E-state index contributed by atoms with van der Waals surface area (Å²) in [5, 5.41) is 6.92. The summed E-state index contributed by atoms with van der Waals surface area (Å²) in [7, 11) is 1.83. The minimum absolute atomic E-state index is 0.559. The molecule has 2 N–H and O–H groups in total. The number of hydrogen-bond donors (Lipinski definition) is 2. The van der Waals surface area contributed by atoms with E-state index in [1.54, 1.807) is 6.33 Å². The van der Waals surface area contributed by atoms with Crippen LogP contribution in [0, 0.1) is 0 Å². The maximum atomic E-state index is 5.12. The number of aromatic nitrogens is 4. The van der Waals surface area contributed by atoms with Crippen molar-refractivity contribution in [1.29, 1.82) is 0 Å². The molecule has 0 atom stereocenters. The third kappa shape index (κ3) is 1.68. The fraction of sp³-hybridized carbons (Fsp3) is 0.182. The second-order valence-electron chi connectivity index (χ2n) is 3.65. The largest absolute Gasteiger partial charge is 0.345 e. The Morgan fingerprint density at radius 3 is 3.24 bits per heavy atom. The smallest absolute Gasteiger partial charge is 0.240 e. The number of aromatic amines is 1. The second kappa shape index (κ2) is 3.99. The Balaban J connectivity index is 2.10. The van der Waals surface area contributed by atoms with Crippen molar-refractivity contribution in [2.45, 2.75) is 6.54 Å². The molecule has 2 heterocycles. The highest BCUT2D eigenvalue weighted by Gasteiger charge is 2.12. The number of para-hydroxylation sites is 1. The van der Waals surface area contributed by atoms with Crippen molar-refractivity contribution < 1.29 is 4.52 Å². The van der Waals surface area contributed by atoms with Crippen LogP contribution in [0.15, 0.2) is 29.0 Å². The number of imidazole rings is 1. The summed E-state index contributed by atoms with van der Waals surface area (Å²) in [4.78, 5) is 11.6. The van der Waals surface area contributed by atoms with Crippen LogP contribution in [0.2, 0.25) is 0 Å². The van der Waals surface area contributed by atoms with E-state index in [2.05, 4.69) is 25.4 Å². The Bertz CT molecular complexity index is 642. The SMILES string of the molecule is CNCc1nc(-c2cccc3[nH]cnc23)no1. The zero-order chi connectivity index (χ0) is 11.7. The van der Waals surface area contributed by atoms with Crippen LogP contribution in [0.1, 0.15) is 5.89 Å². The van der Waals surface area contributed by atoms with E-state index in [1.165, 1.54) is 0 Å². The molecule has 0 aliphatic heterocycles. The van der Waals surface area contributed by atoms with Gasteiger partial charge in [-0.05, 0) is 19.2 Å². The van der Waals surface area contributed by atoms with Crippen LogP contribution in [0.5, 0.6) is 0 Å². The predicted molar refractivity (Wildman–Crippen MR) is 62.1 cm³/mol. The lowest BCUT2D eigenvalue weighted by Crippen LogP contribution is -2.04. The maximum absolute atomic E-state index is 5.12. The van der Waals surface area contributed by atoms with Crippen molar-refractivity contribution in [3.05, 3.63) is 30.4 Å². The number of fused-ring (bicyclic) bond motifs is 1. The van der Waals surface area contributed by atoms with Gasteiger partial charge in [-0.15, -0.1) is 0 Å². The molecule has 3 aromatic rings. The van der Waals surface area contributed by atoms with Crippen LogP contribution in [0.3, 0.4) is 0 Å². The number of nitrogens with zero attached hydrogens (tertiary/aromatic N) is 3. The van der Waals surface area contributed by atoms with E-state index < -0.39 is 0 Å². The number of nitrogens with one attached hydrogen (secondary N) is 2. The molecule has 0 unspecified atom stereocenters. The summed E-state index contributed by atoms with van der Waals surface area (Å²) in [6, 6.07) is 5.82. The van der Waals surface area contributed by atoms with E-state index >= 15 is 0 Å². The number of rotatable bonds is 3. The highest BCUT2D eigenvalue weighted by atomic mass is 16.5. The predicted octanol–water partition coefficient (Wildman–Crippen LogP) is 1.33. The molecular weight excluding hydrogens is 218 g/mol. The summed E-state index contributed by atoms with van der Waals surface area (Å²) >= 11 is 0. The van der Waals surface area contributed by atoms with Crippen LogP contribution < -0.4 is 5.32 Å². The lowest BCUT2D eigenvalue weighted by Gasteiger charge is -1.95. The van der Waals surface area contributed by atoms with Crippen LogP contribution in [-0.2, 0) is 6.54 Å². The molecule has 1 aromatic carbocycles. The number of benzene rings is 1. The minimum Gasteiger partial charge on any atom is -0.345 e. The van der Waals surface area contributed by atoms with Gasteiger partial charge in [0, 0.05) is 0 Å². The molecule has 17 heavy (non-hydrogen) atoms. The molecule has 2 aromatic heterocycles. The second-order valence-corrected chi connectivity index (χ2v) is 3.65. The van der Waals surface area contributed by atoms with Gasteiger partial charge < -0.3 is 14.8 Å². The molecule has 0 radical (unpaired) electrons. The van der Waals surface area contributed by atoms with Gasteiger partial charge in [0.05, 0.1) is 29.5 Å². The quantitative estimate of drug-likeness (QED) is 0.708. The molecule has 0 amide bonds. The Morgan fingerprint density at radius 2 is 2.35 bits per heavy atom. The molecule has 3 rings (SSSR count). The molecular formula is C11H11N5O. The van der Waals surface area contributed by atoms with Crippen molar-refractivity contribution in [3.8, 4) is 11.4 Å². The Hall–Kier alpha value is -2.21. The highest BCUT2D eigenvalue weighted by Crippen LogP contribution is 2.23. The van der Waals surface area contributed by atoms with Crippen LogP contribution in [0.4, 0.5) is 0 Å². The van der Waals surface area contributed by atoms with Crippen molar-refractivity contribution in [2.24, 2.45) is 0 Å². The van der Waals surface area contributed by atoms with Gasteiger partial charge in [-0.2, -0.15) is 4.98 Å². The topological polar surface area (TPSA) is 79.6 Å². The molecule has 0 bridgehead atoms. The van der Waals surface area contributed by atoms with E-state index in [-0.39, 0.29) is 0 Å². The van der Waals surface area contributed by atoms with Gasteiger partial charge in [0.25, 0.3) is 0 Å². The van der Waals surface area contributed by atoms with E-state index in [0.717, 1.165) is 16.6 Å². The zero-order valence-corrected chi connectivity index (χ0v) is 9.27. The monoisotopic (exact) mass is 229 g/mol. The Morgan fingerprint density at radius 1 is 1.41 bits per heavy atom. The van der Waals surface area contributed by atoms with Crippen molar-refractivity contribution in [2.75, 3.05) is 7.05 Å². The van der Waals surface area contributed by atoms with Crippen molar-refractivity contribution >= 4 is 11.0 Å². The van der Waals surface area contributed by atoms with Gasteiger partial charge in [-0.25, -0.2) is 4.98 Å². The van der Waals surface area contributed by atoms with E-state index in [9.17, 15) is 0 Å². The summed E-state index contributed by atoms with van der Waals surface area (Å²) in [6.07, 6.45) is 1.66. The van der Waals surface area contributed by atoms with Gasteiger partial charge in [0.1, 0.15) is 0 Å². The first-order valence-corrected chi connectivity index (χ1v) is 5.28. The van der Waals surface area contributed by atoms with Gasteiger partial charge in [-0.1, -0.05) is 11.2 Å². The first kappa shape index (κ1) is 9.98. The summed E-state index contributed by atoms with van der Waals surface area (Å²) in [5.74, 6) is 1.13. The van der Waals surface area contributed by atoms with E-state index in [4.69, 9.17) is 4.52 Å². The van der Waals surface area contributed by atoms with Crippen LogP contribution in [-0.4, -0.2) is 27.2 Å². The first-order valence-electron chi connectivity index (χ1n) is 5.28. The fourth-order valence-electron chi connectivity index (χ4n) is 1.73. The van der Waals surface area contributed by atoms with Gasteiger partial charge >= 0.3 is 0 Å². The minimum atomic E-state index is 0.559. The average molecular weight is 229 g/mol. The van der Waals surface area contributed by atoms with Gasteiger partial charge in [-0.3, -0.25) is 0 Å². The highest BCUT2D eigenvalue weighted by molar-refractivity contribution is 5.89. The van der Waals surface area contributed by atoms with Crippen LogP contribution >= 0.6 is 0 Å². The van der Waals surface area contributed by atoms with Crippen LogP contribution in [0.25, 0.3) is 22.4 Å². The van der Waals surface area contributed by atoms with Gasteiger partial charge in [0.15, 0.2) is 0 Å². The van der Waals surface area contributed by atoms with Crippen molar-refractivity contribution in [3.63, 3.8) is 0 Å². The van der Waals surface area contributed by atoms with E-state index in [0.29, 0.717) is 18.3 Å². The average Bonchev–Trinajstić information content (AvgIpc) is 2.96. The molecule has 0 aliphatic rings. The third-order valence-electron chi connectivity index (χ3n) is 2.49. The molecule has 6 nitrogen and oxygen atoms in total. The lowest BCUT2D eigenvalue weighted by molar-refractivity contribution is 0.372. The Labute approximate surface area is 97.1 Å². The summed E-state index contributed by atoms with van der Waals surface area (Å²) in [5.41, 5.74) is 2.68. The zero-order valence-electron chi connectivity index (χ0n) is 9.27. The first-order chi connectivity index (χ1) is 8.38. The molecule has 6 heteroatoms. The third-order valence-corrected chi connectivity index (χ3v) is 2.49. The van der Waals surface area contributed by atoms with Gasteiger partial charge in [0.2, 0.25) is 11.7 Å². The molecule has 0 spiro atoms. The number of H-pyrrole nitrogens is 1.